The molecule has 1 unspecified atom stereocenters. The first-order chi connectivity index (χ1) is 6.79. The molecule has 3 heteroatoms. The molecule has 2 aliphatic heterocycles. The first-order valence-electron chi connectivity index (χ1n) is 5.37. The summed E-state index contributed by atoms with van der Waals surface area (Å²) < 4.78 is 10.8. The number of rotatable bonds is 3. The topological polar surface area (TPSA) is 30.5 Å². The minimum atomic E-state index is 0.179. The molecule has 2 rings (SSSR count). The fraction of sp³-hybridized carbons (Fsp3) is 0.818. The highest BCUT2D eigenvalue weighted by Gasteiger charge is 2.28. The Labute approximate surface area is 85.5 Å². The van der Waals surface area contributed by atoms with Crippen LogP contribution in [0, 0.1) is 0 Å². The van der Waals surface area contributed by atoms with E-state index in [1.807, 2.05) is 0 Å². The molecule has 1 N–H and O–H groups in total. The molecule has 0 amide bonds. The van der Waals surface area contributed by atoms with Gasteiger partial charge in [0.15, 0.2) is 0 Å². The van der Waals surface area contributed by atoms with Gasteiger partial charge in [-0.15, -0.1) is 0 Å². The predicted octanol–water partition coefficient (Wildman–Crippen LogP) is 1.10. The lowest BCUT2D eigenvalue weighted by molar-refractivity contribution is 0.145. The van der Waals surface area contributed by atoms with Crippen molar-refractivity contribution >= 4 is 0 Å². The second kappa shape index (κ2) is 4.43. The zero-order valence-corrected chi connectivity index (χ0v) is 8.84. The van der Waals surface area contributed by atoms with Crippen LogP contribution in [0.15, 0.2) is 11.6 Å². The normalized spacial score (nSPS) is 33.1. The van der Waals surface area contributed by atoms with E-state index in [1.165, 1.54) is 5.57 Å². The maximum absolute atomic E-state index is 5.39. The van der Waals surface area contributed by atoms with Crippen molar-refractivity contribution in [2.24, 2.45) is 0 Å². The molecule has 0 radical (unpaired) electrons. The Bertz CT molecular complexity index is 219. The molecule has 0 spiro atoms. The van der Waals surface area contributed by atoms with E-state index in [0.29, 0.717) is 0 Å². The zero-order chi connectivity index (χ0) is 9.86. The molecule has 3 nitrogen and oxygen atoms in total. The molecular weight excluding hydrogens is 178 g/mol. The van der Waals surface area contributed by atoms with Crippen molar-refractivity contribution in [1.29, 1.82) is 0 Å². The van der Waals surface area contributed by atoms with Crippen LogP contribution in [0.4, 0.5) is 0 Å². The molecule has 0 aromatic rings. The largest absolute Gasteiger partial charge is 0.379 e. The van der Waals surface area contributed by atoms with Gasteiger partial charge in [-0.25, -0.2) is 0 Å². The Kier molecular flexibility index (Phi) is 3.21. The lowest BCUT2D eigenvalue weighted by atomic mass is 10.0. The lowest BCUT2D eigenvalue weighted by Gasteiger charge is -2.25. The van der Waals surface area contributed by atoms with Gasteiger partial charge in [0, 0.05) is 18.7 Å². The third-order valence-electron chi connectivity index (χ3n) is 2.94. The Hall–Kier alpha value is -0.380. The molecule has 0 aromatic heterocycles. The van der Waals surface area contributed by atoms with Crippen LogP contribution in [-0.2, 0) is 9.47 Å². The third-order valence-corrected chi connectivity index (χ3v) is 2.94. The molecule has 80 valence electrons. The second-order valence-electron chi connectivity index (χ2n) is 4.42. The van der Waals surface area contributed by atoms with E-state index in [0.717, 1.165) is 45.8 Å². The highest BCUT2D eigenvalue weighted by molar-refractivity contribution is 5.08. The van der Waals surface area contributed by atoms with Gasteiger partial charge in [0.1, 0.15) is 0 Å². The van der Waals surface area contributed by atoms with E-state index >= 15 is 0 Å². The summed E-state index contributed by atoms with van der Waals surface area (Å²) in [6, 6.07) is 0. The maximum atomic E-state index is 5.39. The van der Waals surface area contributed by atoms with E-state index in [9.17, 15) is 0 Å². The van der Waals surface area contributed by atoms with Gasteiger partial charge >= 0.3 is 0 Å². The van der Waals surface area contributed by atoms with Gasteiger partial charge in [0.2, 0.25) is 0 Å². The van der Waals surface area contributed by atoms with E-state index in [1.54, 1.807) is 0 Å². The molecule has 0 bridgehead atoms. The Morgan fingerprint density at radius 2 is 2.36 bits per heavy atom. The van der Waals surface area contributed by atoms with Crippen molar-refractivity contribution in [2.45, 2.75) is 25.3 Å². The molecule has 14 heavy (non-hydrogen) atoms. The highest BCUT2D eigenvalue weighted by atomic mass is 16.5. The lowest BCUT2D eigenvalue weighted by Crippen LogP contribution is -2.44. The minimum Gasteiger partial charge on any atom is -0.379 e. The summed E-state index contributed by atoms with van der Waals surface area (Å²) in [5, 5.41) is 3.55. The van der Waals surface area contributed by atoms with Gasteiger partial charge in [-0.2, -0.15) is 0 Å². The fourth-order valence-electron chi connectivity index (χ4n) is 1.87. The Morgan fingerprint density at radius 3 is 3.00 bits per heavy atom. The van der Waals surface area contributed by atoms with Crippen LogP contribution in [0.2, 0.25) is 0 Å². The van der Waals surface area contributed by atoms with Gasteiger partial charge in [-0.05, 0) is 25.3 Å². The number of nitrogens with one attached hydrogen (secondary N) is 1. The van der Waals surface area contributed by atoms with Crippen molar-refractivity contribution in [1.82, 2.24) is 5.32 Å². The van der Waals surface area contributed by atoms with Crippen LogP contribution in [0.25, 0.3) is 0 Å². The van der Waals surface area contributed by atoms with Crippen molar-refractivity contribution in [3.05, 3.63) is 11.6 Å². The molecule has 1 fully saturated rings. The number of hydrogen-bond acceptors (Lipinski definition) is 3. The summed E-state index contributed by atoms with van der Waals surface area (Å²) in [6.07, 6.45) is 4.46. The van der Waals surface area contributed by atoms with Crippen molar-refractivity contribution in [2.75, 3.05) is 33.0 Å². The summed E-state index contributed by atoms with van der Waals surface area (Å²) in [6.45, 7) is 6.57. The quantitative estimate of drug-likeness (QED) is 0.687. The molecule has 1 atom stereocenters. The first-order valence-corrected chi connectivity index (χ1v) is 5.37. The average Bonchev–Trinajstić information content (AvgIpc) is 2.65. The van der Waals surface area contributed by atoms with Crippen LogP contribution in [-0.4, -0.2) is 38.5 Å². The zero-order valence-electron chi connectivity index (χ0n) is 8.84. The predicted molar refractivity (Wildman–Crippen MR) is 55.4 cm³/mol. The summed E-state index contributed by atoms with van der Waals surface area (Å²) in [4.78, 5) is 0. The van der Waals surface area contributed by atoms with Crippen LogP contribution in [0.1, 0.15) is 19.8 Å². The molecule has 2 aliphatic rings. The van der Waals surface area contributed by atoms with Crippen LogP contribution in [0.5, 0.6) is 0 Å². The average molecular weight is 197 g/mol. The first kappa shape index (κ1) is 10.1. The van der Waals surface area contributed by atoms with Crippen molar-refractivity contribution in [3.8, 4) is 0 Å². The summed E-state index contributed by atoms with van der Waals surface area (Å²) in [5.41, 5.74) is 1.56. The number of ether oxygens (including phenoxy) is 2. The summed E-state index contributed by atoms with van der Waals surface area (Å²) in [5.74, 6) is 0. The smallest absolute Gasteiger partial charge is 0.0689 e. The number of hydrogen-bond donors (Lipinski definition) is 1. The van der Waals surface area contributed by atoms with Gasteiger partial charge in [0.25, 0.3) is 0 Å². The fourth-order valence-corrected chi connectivity index (χ4v) is 1.87. The molecule has 1 saturated heterocycles. The van der Waals surface area contributed by atoms with E-state index < -0.39 is 0 Å². The molecule has 0 saturated carbocycles. The monoisotopic (exact) mass is 197 g/mol. The molecular formula is C11H19NO2. The minimum absolute atomic E-state index is 0.179. The van der Waals surface area contributed by atoms with E-state index in [-0.39, 0.29) is 5.54 Å². The Morgan fingerprint density at radius 1 is 1.43 bits per heavy atom. The van der Waals surface area contributed by atoms with Gasteiger partial charge in [0.05, 0.1) is 19.8 Å². The van der Waals surface area contributed by atoms with Crippen LogP contribution >= 0.6 is 0 Å². The molecule has 2 heterocycles. The van der Waals surface area contributed by atoms with E-state index in [2.05, 4.69) is 18.3 Å². The Balaban J connectivity index is 1.78. The van der Waals surface area contributed by atoms with Crippen molar-refractivity contribution in [3.63, 3.8) is 0 Å². The van der Waals surface area contributed by atoms with Crippen molar-refractivity contribution < 1.29 is 9.47 Å². The maximum Gasteiger partial charge on any atom is 0.0689 e. The highest BCUT2D eigenvalue weighted by Crippen LogP contribution is 2.18. The van der Waals surface area contributed by atoms with Crippen LogP contribution < -0.4 is 5.32 Å². The van der Waals surface area contributed by atoms with Gasteiger partial charge < -0.3 is 14.8 Å². The molecule has 0 aliphatic carbocycles. The van der Waals surface area contributed by atoms with E-state index in [4.69, 9.17) is 9.47 Å². The molecule has 0 aromatic carbocycles. The standard InChI is InChI=1S/C11H19NO2/c1-11(4-6-14-9-11)12-7-10-3-2-5-13-8-10/h3,12H,2,4-9H2,1H3. The summed E-state index contributed by atoms with van der Waals surface area (Å²) in [7, 11) is 0. The van der Waals surface area contributed by atoms with Gasteiger partial charge in [-0.1, -0.05) is 6.08 Å². The SMILES string of the molecule is CC1(NCC2=CCCOC2)CCOC1. The van der Waals surface area contributed by atoms with Crippen LogP contribution in [0.3, 0.4) is 0 Å². The third kappa shape index (κ3) is 2.56. The second-order valence-corrected chi connectivity index (χ2v) is 4.42. The summed E-state index contributed by atoms with van der Waals surface area (Å²) >= 11 is 0. The van der Waals surface area contributed by atoms with Gasteiger partial charge in [-0.3, -0.25) is 0 Å².